The molecule has 2 rings (SSSR count). The quantitative estimate of drug-likeness (QED) is 0.867. The topological polar surface area (TPSA) is 15.3 Å². The zero-order valence-corrected chi connectivity index (χ0v) is 14.1. The second kappa shape index (κ2) is 9.14. The molecule has 0 bridgehead atoms. The van der Waals surface area contributed by atoms with Gasteiger partial charge in [0.05, 0.1) is 4.47 Å². The number of hydrogen-bond donors (Lipinski definition) is 1. The molecule has 2 nitrogen and oxygen atoms in total. The van der Waals surface area contributed by atoms with Crippen LogP contribution in [0.3, 0.4) is 0 Å². The maximum Gasteiger partial charge on any atom is 0.142 e. The summed E-state index contributed by atoms with van der Waals surface area (Å²) in [6.45, 7) is 6.08. The van der Waals surface area contributed by atoms with E-state index in [1.807, 2.05) is 12.1 Å². The second-order valence-corrected chi connectivity index (χ2v) is 5.21. The monoisotopic (exact) mass is 372 g/mol. The van der Waals surface area contributed by atoms with Gasteiger partial charge in [-0.25, -0.2) is 4.39 Å². The molecule has 1 N–H and O–H groups in total. The molecule has 0 aliphatic carbocycles. The molecule has 1 aliphatic rings. The first-order valence-electron chi connectivity index (χ1n) is 6.12. The fraction of sp³-hybridized carbons (Fsp3) is 0.538. The van der Waals surface area contributed by atoms with Crippen molar-refractivity contribution in [1.82, 2.24) is 10.2 Å². The highest BCUT2D eigenvalue weighted by Crippen LogP contribution is 2.29. The Labute approximate surface area is 135 Å². The van der Waals surface area contributed by atoms with Crippen LogP contribution in [0, 0.1) is 5.82 Å². The van der Waals surface area contributed by atoms with Crippen molar-refractivity contribution in [2.45, 2.75) is 19.4 Å². The first kappa shape index (κ1) is 19.1. The lowest BCUT2D eigenvalue weighted by atomic mass is 10.0. The molecular weight excluding hydrogens is 354 g/mol. The highest BCUT2D eigenvalue weighted by molar-refractivity contribution is 9.10. The van der Waals surface area contributed by atoms with E-state index in [2.05, 4.69) is 33.1 Å². The van der Waals surface area contributed by atoms with Crippen LogP contribution in [-0.2, 0) is 0 Å². The predicted octanol–water partition coefficient (Wildman–Crippen LogP) is 3.79. The molecule has 1 aliphatic heterocycles. The third kappa shape index (κ3) is 4.57. The van der Waals surface area contributed by atoms with Crippen molar-refractivity contribution in [1.29, 1.82) is 0 Å². The van der Waals surface area contributed by atoms with Crippen LogP contribution in [0.1, 0.15) is 24.9 Å². The van der Waals surface area contributed by atoms with E-state index in [0.717, 1.165) is 38.2 Å². The molecule has 0 saturated carbocycles. The lowest BCUT2D eigenvalue weighted by Gasteiger charge is -2.35. The van der Waals surface area contributed by atoms with Gasteiger partial charge in [-0.3, -0.25) is 4.90 Å². The van der Waals surface area contributed by atoms with Crippen LogP contribution in [0.4, 0.5) is 4.39 Å². The van der Waals surface area contributed by atoms with Gasteiger partial charge in [-0.15, -0.1) is 24.8 Å². The summed E-state index contributed by atoms with van der Waals surface area (Å²) in [5, 5.41) is 3.33. The highest BCUT2D eigenvalue weighted by atomic mass is 79.9. The maximum absolute atomic E-state index is 14.1. The van der Waals surface area contributed by atoms with E-state index in [9.17, 15) is 4.39 Å². The van der Waals surface area contributed by atoms with E-state index in [1.54, 1.807) is 6.07 Å². The summed E-state index contributed by atoms with van der Waals surface area (Å²) >= 11 is 3.26. The first-order valence-corrected chi connectivity index (χ1v) is 6.92. The van der Waals surface area contributed by atoms with Gasteiger partial charge >= 0.3 is 0 Å². The van der Waals surface area contributed by atoms with Gasteiger partial charge in [0.2, 0.25) is 0 Å². The van der Waals surface area contributed by atoms with Gasteiger partial charge in [0.25, 0.3) is 0 Å². The van der Waals surface area contributed by atoms with Crippen LogP contribution in [0.15, 0.2) is 22.7 Å². The number of rotatable bonds is 3. The molecule has 1 fully saturated rings. The fourth-order valence-corrected chi connectivity index (χ4v) is 2.83. The zero-order valence-electron chi connectivity index (χ0n) is 10.9. The molecule has 19 heavy (non-hydrogen) atoms. The van der Waals surface area contributed by atoms with E-state index in [1.165, 1.54) is 0 Å². The summed E-state index contributed by atoms with van der Waals surface area (Å²) in [4.78, 5) is 2.36. The molecule has 110 valence electrons. The standard InChI is InChI=1S/C13H18BrFN2.2ClH/c1-2-12(17-8-6-16-7-9-17)10-4-3-5-11(14)13(10)15;;/h3-5,12,16H,2,6-9H2,1H3;2*1H/t12-;;/m1../s1. The molecule has 0 unspecified atom stereocenters. The smallest absolute Gasteiger partial charge is 0.142 e. The first-order chi connectivity index (χ1) is 8.24. The minimum atomic E-state index is -0.113. The normalized spacial score (nSPS) is 17.2. The van der Waals surface area contributed by atoms with Crippen LogP contribution < -0.4 is 5.32 Å². The number of nitrogens with one attached hydrogen (secondary N) is 1. The molecule has 6 heteroatoms. The third-order valence-corrected chi connectivity index (χ3v) is 3.93. The summed E-state index contributed by atoms with van der Waals surface area (Å²) in [7, 11) is 0. The Morgan fingerprint density at radius 3 is 2.53 bits per heavy atom. The lowest BCUT2D eigenvalue weighted by Crippen LogP contribution is -2.45. The summed E-state index contributed by atoms with van der Waals surface area (Å²) in [5.41, 5.74) is 0.809. The van der Waals surface area contributed by atoms with Crippen molar-refractivity contribution in [2.24, 2.45) is 0 Å². The molecule has 0 spiro atoms. The lowest BCUT2D eigenvalue weighted by molar-refractivity contribution is 0.166. The Morgan fingerprint density at radius 2 is 1.95 bits per heavy atom. The molecule has 1 aromatic rings. The minimum Gasteiger partial charge on any atom is -0.314 e. The van der Waals surface area contributed by atoms with Crippen LogP contribution in [-0.4, -0.2) is 31.1 Å². The average Bonchev–Trinajstić information content (AvgIpc) is 2.37. The van der Waals surface area contributed by atoms with E-state index >= 15 is 0 Å². The van der Waals surface area contributed by atoms with Gasteiger partial charge < -0.3 is 5.32 Å². The molecule has 1 saturated heterocycles. The van der Waals surface area contributed by atoms with Crippen LogP contribution in [0.5, 0.6) is 0 Å². The van der Waals surface area contributed by atoms with Gasteiger partial charge in [-0.05, 0) is 28.4 Å². The number of piperazine rings is 1. The average molecular weight is 374 g/mol. The Balaban J connectivity index is 0.00000162. The van der Waals surface area contributed by atoms with Crippen molar-refractivity contribution in [2.75, 3.05) is 26.2 Å². The van der Waals surface area contributed by atoms with Gasteiger partial charge in [0.1, 0.15) is 5.82 Å². The number of nitrogens with zero attached hydrogens (tertiary/aromatic N) is 1. The summed E-state index contributed by atoms with van der Waals surface area (Å²) in [5.74, 6) is -0.113. The molecule has 1 atom stereocenters. The number of benzene rings is 1. The molecular formula is C13H20BrCl2FN2. The number of halogens is 4. The largest absolute Gasteiger partial charge is 0.314 e. The molecule has 0 aromatic heterocycles. The maximum atomic E-state index is 14.1. The Hall–Kier alpha value is 0.130. The highest BCUT2D eigenvalue weighted by Gasteiger charge is 2.23. The zero-order chi connectivity index (χ0) is 12.3. The van der Waals surface area contributed by atoms with Gasteiger partial charge in [-0.1, -0.05) is 19.1 Å². The molecule has 0 radical (unpaired) electrons. The Kier molecular flexibility index (Phi) is 9.20. The summed E-state index contributed by atoms with van der Waals surface area (Å²) < 4.78 is 14.7. The molecule has 0 amide bonds. The van der Waals surface area contributed by atoms with Crippen molar-refractivity contribution in [3.63, 3.8) is 0 Å². The summed E-state index contributed by atoms with van der Waals surface area (Å²) in [6, 6.07) is 5.75. The van der Waals surface area contributed by atoms with Crippen molar-refractivity contribution in [3.05, 3.63) is 34.1 Å². The van der Waals surface area contributed by atoms with E-state index in [0.29, 0.717) is 4.47 Å². The van der Waals surface area contributed by atoms with Crippen LogP contribution in [0.25, 0.3) is 0 Å². The second-order valence-electron chi connectivity index (χ2n) is 4.35. The summed E-state index contributed by atoms with van der Waals surface area (Å²) in [6.07, 6.45) is 0.938. The van der Waals surface area contributed by atoms with E-state index < -0.39 is 0 Å². The van der Waals surface area contributed by atoms with Crippen molar-refractivity contribution in [3.8, 4) is 0 Å². The van der Waals surface area contributed by atoms with Gasteiger partial charge in [0, 0.05) is 37.8 Å². The van der Waals surface area contributed by atoms with E-state index in [4.69, 9.17) is 0 Å². The number of hydrogen-bond acceptors (Lipinski definition) is 2. The Bertz CT molecular complexity index is 387. The SMILES string of the molecule is CC[C@H](c1cccc(Br)c1F)N1CCNCC1.Cl.Cl. The van der Waals surface area contributed by atoms with Crippen LogP contribution >= 0.6 is 40.7 Å². The Morgan fingerprint density at radius 1 is 1.32 bits per heavy atom. The third-order valence-electron chi connectivity index (χ3n) is 3.32. The van der Waals surface area contributed by atoms with Crippen molar-refractivity contribution >= 4 is 40.7 Å². The van der Waals surface area contributed by atoms with Crippen molar-refractivity contribution < 1.29 is 4.39 Å². The predicted molar refractivity (Wildman–Crippen MR) is 86.1 cm³/mol. The molecule has 1 aromatic carbocycles. The van der Waals surface area contributed by atoms with Crippen LogP contribution in [0.2, 0.25) is 0 Å². The van der Waals surface area contributed by atoms with Gasteiger partial charge in [-0.2, -0.15) is 0 Å². The minimum absolute atomic E-state index is 0. The molecule has 1 heterocycles. The van der Waals surface area contributed by atoms with Gasteiger partial charge in [0.15, 0.2) is 0 Å². The van der Waals surface area contributed by atoms with E-state index in [-0.39, 0.29) is 36.7 Å². The fourth-order valence-electron chi connectivity index (χ4n) is 2.45.